The first kappa shape index (κ1) is 14.9. The van der Waals surface area contributed by atoms with Crippen molar-refractivity contribution in [3.8, 4) is 0 Å². The van der Waals surface area contributed by atoms with Crippen molar-refractivity contribution in [3.63, 3.8) is 0 Å². The van der Waals surface area contributed by atoms with Crippen molar-refractivity contribution < 1.29 is 13.6 Å². The van der Waals surface area contributed by atoms with Gasteiger partial charge in [0, 0.05) is 25.1 Å². The molecule has 0 aliphatic carbocycles. The molecule has 1 saturated heterocycles. The average Bonchev–Trinajstić information content (AvgIpc) is 2.49. The quantitative estimate of drug-likeness (QED) is 0.926. The van der Waals surface area contributed by atoms with E-state index in [1.807, 2.05) is 6.92 Å². The van der Waals surface area contributed by atoms with Gasteiger partial charge in [0.05, 0.1) is 6.04 Å². The highest BCUT2D eigenvalue weighted by molar-refractivity contribution is 5.77. The van der Waals surface area contributed by atoms with Gasteiger partial charge in [-0.25, -0.2) is 8.78 Å². The van der Waals surface area contributed by atoms with Gasteiger partial charge in [0.25, 0.3) is 0 Å². The first-order valence-corrected chi connectivity index (χ1v) is 7.04. The van der Waals surface area contributed by atoms with Gasteiger partial charge in [-0.3, -0.25) is 4.79 Å². The highest BCUT2D eigenvalue weighted by Crippen LogP contribution is 2.31. The molecule has 3 nitrogen and oxygen atoms in total. The fourth-order valence-electron chi connectivity index (χ4n) is 2.85. The molecule has 110 valence electrons. The molecule has 1 aliphatic rings. The molecule has 5 heteroatoms. The zero-order valence-electron chi connectivity index (χ0n) is 11.6. The van der Waals surface area contributed by atoms with Gasteiger partial charge in [0.1, 0.15) is 11.6 Å². The maximum absolute atomic E-state index is 13.4. The van der Waals surface area contributed by atoms with Crippen LogP contribution >= 0.6 is 0 Å². The number of likely N-dealkylation sites (tertiary alicyclic amines) is 1. The summed E-state index contributed by atoms with van der Waals surface area (Å²) in [5.74, 6) is -1.27. The summed E-state index contributed by atoms with van der Waals surface area (Å²) in [6.45, 7) is 2.52. The van der Waals surface area contributed by atoms with Crippen LogP contribution in [0.4, 0.5) is 8.78 Å². The van der Waals surface area contributed by atoms with Gasteiger partial charge in [-0.2, -0.15) is 0 Å². The van der Waals surface area contributed by atoms with Gasteiger partial charge in [-0.1, -0.05) is 6.92 Å². The Morgan fingerprint density at radius 2 is 1.95 bits per heavy atom. The lowest BCUT2D eigenvalue weighted by atomic mass is 9.96. The summed E-state index contributed by atoms with van der Waals surface area (Å²) >= 11 is 0. The third-order valence-electron chi connectivity index (χ3n) is 3.68. The van der Waals surface area contributed by atoms with Crippen LogP contribution in [0.25, 0.3) is 0 Å². The predicted molar refractivity (Wildman–Crippen MR) is 72.9 cm³/mol. The maximum Gasteiger partial charge on any atom is 0.223 e. The molecule has 0 radical (unpaired) electrons. The van der Waals surface area contributed by atoms with Crippen LogP contribution in [0.1, 0.15) is 44.2 Å². The molecule has 2 N–H and O–H groups in total. The van der Waals surface area contributed by atoms with Crippen molar-refractivity contribution in [3.05, 3.63) is 35.4 Å². The summed E-state index contributed by atoms with van der Waals surface area (Å²) in [6.07, 6.45) is 2.62. The minimum Gasteiger partial charge on any atom is -0.334 e. The van der Waals surface area contributed by atoms with Crippen molar-refractivity contribution >= 4 is 5.91 Å². The van der Waals surface area contributed by atoms with Gasteiger partial charge in [-0.15, -0.1) is 0 Å². The number of carbonyl (C=O) groups is 1. The number of carbonyl (C=O) groups excluding carboxylic acids is 1. The molecule has 0 aromatic heterocycles. The van der Waals surface area contributed by atoms with Crippen LogP contribution < -0.4 is 5.73 Å². The topological polar surface area (TPSA) is 46.3 Å². The van der Waals surface area contributed by atoms with Crippen LogP contribution in [0.5, 0.6) is 0 Å². The van der Waals surface area contributed by atoms with Gasteiger partial charge in [-0.05, 0) is 37.0 Å². The van der Waals surface area contributed by atoms with E-state index >= 15 is 0 Å². The van der Waals surface area contributed by atoms with Gasteiger partial charge in [0.2, 0.25) is 5.91 Å². The Hall–Kier alpha value is -1.49. The number of nitrogens with zero attached hydrogens (tertiary/aromatic N) is 1. The standard InChI is InChI=1S/C15H20F2N2O/c1-2-6-19-14(20)5-3-4-13(18)15(19)10-7-11(16)9-12(17)8-10/h7-9,13,15H,2-6,18H2,1H3. The number of benzene rings is 1. The van der Waals surface area contributed by atoms with Crippen LogP contribution in [0.3, 0.4) is 0 Å². The molecule has 20 heavy (non-hydrogen) atoms. The highest BCUT2D eigenvalue weighted by atomic mass is 19.1. The first-order valence-electron chi connectivity index (χ1n) is 7.04. The van der Waals surface area contributed by atoms with E-state index in [1.54, 1.807) is 4.90 Å². The Morgan fingerprint density at radius 1 is 1.30 bits per heavy atom. The number of nitrogens with two attached hydrogens (primary N) is 1. The summed E-state index contributed by atoms with van der Waals surface area (Å²) < 4.78 is 26.9. The highest BCUT2D eigenvalue weighted by Gasteiger charge is 2.32. The Morgan fingerprint density at radius 3 is 2.55 bits per heavy atom. The van der Waals surface area contributed by atoms with Crippen LogP contribution in [0.15, 0.2) is 18.2 Å². The first-order chi connectivity index (χ1) is 9.52. The van der Waals surface area contributed by atoms with E-state index in [1.165, 1.54) is 12.1 Å². The molecular weight excluding hydrogens is 262 g/mol. The van der Waals surface area contributed by atoms with E-state index < -0.39 is 17.7 Å². The van der Waals surface area contributed by atoms with E-state index in [9.17, 15) is 13.6 Å². The SMILES string of the molecule is CCCN1C(=O)CCCC(N)C1c1cc(F)cc(F)c1. The zero-order chi connectivity index (χ0) is 14.7. The average molecular weight is 282 g/mol. The van der Waals surface area contributed by atoms with Crippen LogP contribution in [-0.4, -0.2) is 23.4 Å². The predicted octanol–water partition coefficient (Wildman–Crippen LogP) is 2.76. The molecule has 2 rings (SSSR count). The second-order valence-electron chi connectivity index (χ2n) is 5.29. The van der Waals surface area contributed by atoms with E-state index in [0.717, 1.165) is 12.5 Å². The second-order valence-corrected chi connectivity index (χ2v) is 5.29. The van der Waals surface area contributed by atoms with Crippen molar-refractivity contribution in [1.29, 1.82) is 0 Å². The number of hydrogen-bond acceptors (Lipinski definition) is 2. The third-order valence-corrected chi connectivity index (χ3v) is 3.68. The van der Waals surface area contributed by atoms with Crippen molar-refractivity contribution in [2.24, 2.45) is 5.73 Å². The molecule has 1 aromatic carbocycles. The third kappa shape index (κ3) is 3.15. The molecule has 1 heterocycles. The lowest BCUT2D eigenvalue weighted by Gasteiger charge is -2.34. The normalized spacial score (nSPS) is 23.8. The molecule has 2 unspecified atom stereocenters. The van der Waals surface area contributed by atoms with E-state index in [-0.39, 0.29) is 11.9 Å². The number of rotatable bonds is 3. The van der Waals surface area contributed by atoms with Crippen molar-refractivity contribution in [1.82, 2.24) is 4.90 Å². The van der Waals surface area contributed by atoms with E-state index in [0.29, 0.717) is 31.4 Å². The fourth-order valence-corrected chi connectivity index (χ4v) is 2.85. The second kappa shape index (κ2) is 6.31. The summed E-state index contributed by atoms with van der Waals surface area (Å²) in [5, 5.41) is 0. The molecule has 1 aliphatic heterocycles. The lowest BCUT2D eigenvalue weighted by molar-refractivity contribution is -0.133. The summed E-state index contributed by atoms with van der Waals surface area (Å²) in [4.78, 5) is 13.9. The fraction of sp³-hybridized carbons (Fsp3) is 0.533. The molecule has 2 atom stereocenters. The summed E-state index contributed by atoms with van der Waals surface area (Å²) in [6, 6.07) is 2.63. The maximum atomic E-state index is 13.4. The van der Waals surface area contributed by atoms with Crippen molar-refractivity contribution in [2.75, 3.05) is 6.54 Å². The number of amides is 1. The number of halogens is 2. The molecule has 0 bridgehead atoms. The van der Waals surface area contributed by atoms with Crippen LogP contribution in [0, 0.1) is 11.6 Å². The Labute approximate surface area is 117 Å². The molecule has 0 saturated carbocycles. The van der Waals surface area contributed by atoms with E-state index in [4.69, 9.17) is 5.73 Å². The summed E-state index contributed by atoms with van der Waals surface area (Å²) in [5.41, 5.74) is 6.60. The van der Waals surface area contributed by atoms with Gasteiger partial charge >= 0.3 is 0 Å². The number of hydrogen-bond donors (Lipinski definition) is 1. The largest absolute Gasteiger partial charge is 0.334 e. The van der Waals surface area contributed by atoms with Crippen LogP contribution in [-0.2, 0) is 4.79 Å². The van der Waals surface area contributed by atoms with Crippen molar-refractivity contribution in [2.45, 2.75) is 44.7 Å². The molecule has 1 aromatic rings. The Kier molecular flexibility index (Phi) is 4.70. The molecular formula is C15H20F2N2O. The zero-order valence-corrected chi connectivity index (χ0v) is 11.6. The lowest BCUT2D eigenvalue weighted by Crippen LogP contribution is -2.42. The molecule has 0 spiro atoms. The molecule has 1 amide bonds. The Balaban J connectivity index is 2.42. The van der Waals surface area contributed by atoms with Gasteiger partial charge < -0.3 is 10.6 Å². The van der Waals surface area contributed by atoms with Crippen LogP contribution in [0.2, 0.25) is 0 Å². The summed E-state index contributed by atoms with van der Waals surface area (Å²) in [7, 11) is 0. The van der Waals surface area contributed by atoms with E-state index in [2.05, 4.69) is 0 Å². The minimum absolute atomic E-state index is 0.00877. The minimum atomic E-state index is -0.639. The monoisotopic (exact) mass is 282 g/mol. The van der Waals surface area contributed by atoms with Gasteiger partial charge in [0.15, 0.2) is 0 Å². The Bertz CT molecular complexity index is 473. The molecule has 1 fully saturated rings. The smallest absolute Gasteiger partial charge is 0.223 e.